The first-order chi connectivity index (χ1) is 10.1. The smallest absolute Gasteiger partial charge is 0.347 e. The van der Waals surface area contributed by atoms with E-state index < -0.39 is 11.6 Å². The van der Waals surface area contributed by atoms with Crippen LogP contribution in [0, 0.1) is 0 Å². The van der Waals surface area contributed by atoms with Gasteiger partial charge in [-0.25, -0.2) is 4.79 Å². The molecule has 0 heterocycles. The van der Waals surface area contributed by atoms with Gasteiger partial charge >= 0.3 is 5.97 Å². The van der Waals surface area contributed by atoms with E-state index in [2.05, 4.69) is 0 Å². The highest BCUT2D eigenvalue weighted by Gasteiger charge is 2.42. The van der Waals surface area contributed by atoms with E-state index in [4.69, 9.17) is 4.74 Å². The number of carbonyl (C=O) groups excluding carboxylic acids is 1. The lowest BCUT2D eigenvalue weighted by Crippen LogP contribution is -2.40. The molecule has 0 amide bonds. The average Bonchev–Trinajstić information content (AvgIpc) is 2.55. The molecule has 1 aromatic carbocycles. The van der Waals surface area contributed by atoms with Crippen molar-refractivity contribution in [3.8, 4) is 0 Å². The van der Waals surface area contributed by atoms with Gasteiger partial charge in [0.1, 0.15) is 6.10 Å². The Bertz CT molecular complexity index is 500. The van der Waals surface area contributed by atoms with Crippen molar-refractivity contribution < 1.29 is 14.6 Å². The highest BCUT2D eigenvalue weighted by atomic mass is 16.6. The van der Waals surface area contributed by atoms with Crippen LogP contribution in [-0.4, -0.2) is 17.2 Å². The molecule has 3 heteroatoms. The van der Waals surface area contributed by atoms with Crippen LogP contribution >= 0.6 is 0 Å². The Kier molecular flexibility index (Phi) is 5.18. The molecule has 21 heavy (non-hydrogen) atoms. The Morgan fingerprint density at radius 2 is 1.86 bits per heavy atom. The molecule has 1 fully saturated rings. The number of rotatable bonds is 4. The summed E-state index contributed by atoms with van der Waals surface area (Å²) in [5.41, 5.74) is -0.538. The van der Waals surface area contributed by atoms with E-state index in [1.807, 2.05) is 25.1 Å². The van der Waals surface area contributed by atoms with E-state index in [-0.39, 0.29) is 6.10 Å². The van der Waals surface area contributed by atoms with Gasteiger partial charge in [0.05, 0.1) is 0 Å². The van der Waals surface area contributed by atoms with Crippen molar-refractivity contribution in [2.75, 3.05) is 0 Å². The normalized spacial score (nSPS) is 19.9. The molecule has 1 saturated carbocycles. The lowest BCUT2D eigenvalue weighted by molar-refractivity contribution is -0.169. The number of esters is 1. The van der Waals surface area contributed by atoms with Crippen LogP contribution in [0.1, 0.15) is 51.5 Å². The van der Waals surface area contributed by atoms with Crippen molar-refractivity contribution in [1.82, 2.24) is 0 Å². The molecule has 1 N–H and O–H groups in total. The second kappa shape index (κ2) is 6.90. The summed E-state index contributed by atoms with van der Waals surface area (Å²) in [6, 6.07) is 9.01. The Morgan fingerprint density at radius 3 is 2.43 bits per heavy atom. The Morgan fingerprint density at radius 1 is 1.24 bits per heavy atom. The summed E-state index contributed by atoms with van der Waals surface area (Å²) in [5.74, 6) is -0.559. The van der Waals surface area contributed by atoms with Crippen molar-refractivity contribution in [1.29, 1.82) is 0 Å². The van der Waals surface area contributed by atoms with Gasteiger partial charge in [0.15, 0.2) is 0 Å². The van der Waals surface area contributed by atoms with Gasteiger partial charge in [0.2, 0.25) is 5.60 Å². The third kappa shape index (κ3) is 3.35. The van der Waals surface area contributed by atoms with Gasteiger partial charge < -0.3 is 9.84 Å². The summed E-state index contributed by atoms with van der Waals surface area (Å²) in [5, 5.41) is 11.0. The van der Waals surface area contributed by atoms with E-state index in [1.165, 1.54) is 6.42 Å². The topological polar surface area (TPSA) is 46.5 Å². The molecule has 1 atom stereocenters. The molecule has 0 bridgehead atoms. The summed E-state index contributed by atoms with van der Waals surface area (Å²) in [7, 11) is 0. The number of hydrogen-bond donors (Lipinski definition) is 1. The number of benzene rings is 1. The van der Waals surface area contributed by atoms with Gasteiger partial charge in [-0.05, 0) is 50.7 Å². The molecule has 1 aliphatic rings. The summed E-state index contributed by atoms with van der Waals surface area (Å²) in [4.78, 5) is 12.6. The van der Waals surface area contributed by atoms with Gasteiger partial charge in [0.25, 0.3) is 0 Å². The quantitative estimate of drug-likeness (QED) is 0.678. The molecule has 0 saturated heterocycles. The van der Waals surface area contributed by atoms with Crippen LogP contribution in [0.25, 0.3) is 0 Å². The molecular weight excluding hydrogens is 264 g/mol. The van der Waals surface area contributed by atoms with Crippen LogP contribution in [0.15, 0.2) is 42.0 Å². The van der Waals surface area contributed by atoms with Crippen molar-refractivity contribution >= 4 is 5.97 Å². The van der Waals surface area contributed by atoms with Gasteiger partial charge in [-0.2, -0.15) is 0 Å². The van der Waals surface area contributed by atoms with Crippen molar-refractivity contribution in [2.24, 2.45) is 0 Å². The fourth-order valence-corrected chi connectivity index (χ4v) is 2.81. The molecule has 0 aromatic heterocycles. The van der Waals surface area contributed by atoms with Gasteiger partial charge in [0, 0.05) is 0 Å². The molecule has 3 nitrogen and oxygen atoms in total. The van der Waals surface area contributed by atoms with Crippen molar-refractivity contribution in [3.05, 3.63) is 47.5 Å². The van der Waals surface area contributed by atoms with Gasteiger partial charge in [-0.1, -0.05) is 42.8 Å². The minimum atomic E-state index is -1.69. The highest BCUT2D eigenvalue weighted by Crippen LogP contribution is 2.32. The third-order valence-corrected chi connectivity index (χ3v) is 4.32. The van der Waals surface area contributed by atoms with Crippen LogP contribution in [0.4, 0.5) is 0 Å². The van der Waals surface area contributed by atoms with Crippen LogP contribution < -0.4 is 0 Å². The maximum Gasteiger partial charge on any atom is 0.347 e. The summed E-state index contributed by atoms with van der Waals surface area (Å²) < 4.78 is 5.60. The molecule has 1 aromatic rings. The maximum absolute atomic E-state index is 12.6. The Labute approximate surface area is 126 Å². The summed E-state index contributed by atoms with van der Waals surface area (Å²) >= 11 is 0. The predicted molar refractivity (Wildman–Crippen MR) is 82.7 cm³/mol. The molecule has 0 spiro atoms. The summed E-state index contributed by atoms with van der Waals surface area (Å²) in [6.07, 6.45) is 6.86. The molecule has 1 aliphatic carbocycles. The van der Waals surface area contributed by atoms with E-state index in [1.54, 1.807) is 25.1 Å². The second-order valence-electron chi connectivity index (χ2n) is 5.71. The van der Waals surface area contributed by atoms with Crippen LogP contribution in [0.5, 0.6) is 0 Å². The minimum absolute atomic E-state index is 0.0638. The molecular formula is C18H24O3. The Hall–Kier alpha value is -1.61. The molecule has 2 rings (SSSR count). The zero-order valence-electron chi connectivity index (χ0n) is 12.8. The lowest BCUT2D eigenvalue weighted by atomic mass is 9.86. The molecule has 0 unspecified atom stereocenters. The average molecular weight is 288 g/mol. The first-order valence-corrected chi connectivity index (χ1v) is 7.71. The SMILES string of the molecule is C/C=C(\C)[C@@](O)(C(=O)OC1CCCCC1)c1ccccc1. The van der Waals surface area contributed by atoms with E-state index in [0.29, 0.717) is 11.1 Å². The summed E-state index contributed by atoms with van der Waals surface area (Å²) in [6.45, 7) is 3.58. The fraction of sp³-hybridized carbons (Fsp3) is 0.500. The number of carbonyl (C=O) groups is 1. The minimum Gasteiger partial charge on any atom is -0.460 e. The zero-order chi connectivity index (χ0) is 15.3. The number of ether oxygens (including phenoxy) is 1. The standard InChI is InChI=1S/C18H24O3/c1-3-14(2)18(20,15-10-6-4-7-11-15)17(19)21-16-12-8-5-9-13-16/h3-4,6-7,10-11,16,20H,5,8-9,12-13H2,1-2H3/b14-3+/t18-/m0/s1. The number of aliphatic hydroxyl groups is 1. The second-order valence-corrected chi connectivity index (χ2v) is 5.71. The van der Waals surface area contributed by atoms with Gasteiger partial charge in [-0.15, -0.1) is 0 Å². The van der Waals surface area contributed by atoms with Crippen LogP contribution in [0.2, 0.25) is 0 Å². The van der Waals surface area contributed by atoms with E-state index in [9.17, 15) is 9.90 Å². The first kappa shape index (κ1) is 15.8. The molecule has 0 aliphatic heterocycles. The largest absolute Gasteiger partial charge is 0.460 e. The Balaban J connectivity index is 2.25. The fourth-order valence-electron chi connectivity index (χ4n) is 2.81. The van der Waals surface area contributed by atoms with E-state index in [0.717, 1.165) is 25.7 Å². The van der Waals surface area contributed by atoms with E-state index >= 15 is 0 Å². The van der Waals surface area contributed by atoms with Crippen LogP contribution in [0.3, 0.4) is 0 Å². The predicted octanol–water partition coefficient (Wildman–Crippen LogP) is 3.72. The van der Waals surface area contributed by atoms with Crippen molar-refractivity contribution in [3.63, 3.8) is 0 Å². The van der Waals surface area contributed by atoms with Crippen molar-refractivity contribution in [2.45, 2.75) is 57.7 Å². The van der Waals surface area contributed by atoms with Crippen LogP contribution in [-0.2, 0) is 15.1 Å². The number of allylic oxidation sites excluding steroid dienone is 1. The maximum atomic E-state index is 12.6. The van der Waals surface area contributed by atoms with Gasteiger partial charge in [-0.3, -0.25) is 0 Å². The molecule has 0 radical (unpaired) electrons. The molecule has 114 valence electrons. The highest BCUT2D eigenvalue weighted by molar-refractivity contribution is 5.85. The number of hydrogen-bond acceptors (Lipinski definition) is 3. The monoisotopic (exact) mass is 288 g/mol. The first-order valence-electron chi connectivity index (χ1n) is 7.71. The third-order valence-electron chi connectivity index (χ3n) is 4.32. The lowest BCUT2D eigenvalue weighted by Gasteiger charge is -2.31. The zero-order valence-corrected chi connectivity index (χ0v) is 12.8.